The monoisotopic (exact) mass is 280 g/mol. The molecule has 1 N–H and O–H groups in total. The lowest BCUT2D eigenvalue weighted by atomic mass is 10.1. The number of nitrogens with zero attached hydrogens (tertiary/aromatic N) is 2. The molecule has 0 fully saturated rings. The van der Waals surface area contributed by atoms with E-state index in [1.165, 1.54) is 0 Å². The van der Waals surface area contributed by atoms with Gasteiger partial charge in [0.25, 0.3) is 0 Å². The van der Waals surface area contributed by atoms with Crippen LogP contribution in [0.4, 0.5) is 0 Å². The molecule has 1 aromatic heterocycles. The van der Waals surface area contributed by atoms with Crippen LogP contribution in [0.5, 0.6) is 5.75 Å². The molecule has 0 atom stereocenters. The van der Waals surface area contributed by atoms with Crippen molar-refractivity contribution in [3.05, 3.63) is 53.6 Å². The number of rotatable bonds is 0. The zero-order chi connectivity index (χ0) is 13.7. The molecule has 0 bridgehead atoms. The van der Waals surface area contributed by atoms with Crippen LogP contribution >= 0.6 is 11.6 Å². The van der Waals surface area contributed by atoms with Crippen LogP contribution in [0.2, 0.25) is 5.02 Å². The van der Waals surface area contributed by atoms with E-state index in [0.717, 1.165) is 16.4 Å². The second kappa shape index (κ2) is 4.05. The third-order valence-electron chi connectivity index (χ3n) is 3.42. The summed E-state index contributed by atoms with van der Waals surface area (Å²) >= 11 is 6.25. The topological polar surface area (TPSA) is 46.0 Å². The average molecular weight is 281 g/mol. The average Bonchev–Trinajstić information content (AvgIpc) is 2.51. The van der Waals surface area contributed by atoms with Crippen LogP contribution in [0, 0.1) is 0 Å². The third kappa shape index (κ3) is 1.47. The molecule has 3 aromatic carbocycles. The molecular formula is C16H9ClN2O. The summed E-state index contributed by atoms with van der Waals surface area (Å²) in [6.07, 6.45) is 0. The van der Waals surface area contributed by atoms with E-state index >= 15 is 0 Å². The van der Waals surface area contributed by atoms with Gasteiger partial charge in [-0.1, -0.05) is 48.0 Å². The van der Waals surface area contributed by atoms with Crippen LogP contribution in [-0.4, -0.2) is 15.1 Å². The Labute approximate surface area is 119 Å². The number of aromatic hydroxyl groups is 1. The molecule has 0 aliphatic carbocycles. The molecule has 4 aromatic rings. The molecule has 0 unspecified atom stereocenters. The third-order valence-corrected chi connectivity index (χ3v) is 3.78. The van der Waals surface area contributed by atoms with Crippen molar-refractivity contribution < 1.29 is 5.11 Å². The minimum absolute atomic E-state index is 0.0550. The van der Waals surface area contributed by atoms with Crippen LogP contribution < -0.4 is 0 Å². The van der Waals surface area contributed by atoms with E-state index < -0.39 is 0 Å². The van der Waals surface area contributed by atoms with Crippen molar-refractivity contribution in [1.82, 2.24) is 9.97 Å². The molecular weight excluding hydrogens is 272 g/mol. The van der Waals surface area contributed by atoms with Crippen LogP contribution in [0.3, 0.4) is 0 Å². The Morgan fingerprint density at radius 1 is 0.750 bits per heavy atom. The van der Waals surface area contributed by atoms with Gasteiger partial charge in [0.1, 0.15) is 16.3 Å². The largest absolute Gasteiger partial charge is 0.506 e. The normalized spacial score (nSPS) is 11.4. The van der Waals surface area contributed by atoms with Crippen LogP contribution in [0.1, 0.15) is 0 Å². The van der Waals surface area contributed by atoms with Gasteiger partial charge in [-0.2, -0.15) is 0 Å². The molecule has 0 aliphatic rings. The summed E-state index contributed by atoms with van der Waals surface area (Å²) in [4.78, 5) is 9.18. The van der Waals surface area contributed by atoms with Crippen LogP contribution in [-0.2, 0) is 0 Å². The van der Waals surface area contributed by atoms with Crippen molar-refractivity contribution in [3.8, 4) is 5.75 Å². The van der Waals surface area contributed by atoms with Crippen molar-refractivity contribution in [3.63, 3.8) is 0 Å². The van der Waals surface area contributed by atoms with E-state index in [1.807, 2.05) is 48.5 Å². The Morgan fingerprint density at radius 2 is 1.30 bits per heavy atom. The quantitative estimate of drug-likeness (QED) is 0.386. The van der Waals surface area contributed by atoms with Gasteiger partial charge < -0.3 is 5.11 Å². The lowest BCUT2D eigenvalue weighted by molar-refractivity contribution is 0.482. The maximum atomic E-state index is 10.2. The highest BCUT2D eigenvalue weighted by molar-refractivity contribution is 6.39. The van der Waals surface area contributed by atoms with Crippen LogP contribution in [0.25, 0.3) is 32.8 Å². The fraction of sp³-hybridized carbons (Fsp3) is 0. The number of phenolic OH excluding ortho intramolecular Hbond substituents is 1. The first-order valence-electron chi connectivity index (χ1n) is 6.21. The number of aromatic nitrogens is 2. The van der Waals surface area contributed by atoms with Gasteiger partial charge in [-0.3, -0.25) is 0 Å². The Kier molecular flexibility index (Phi) is 2.32. The zero-order valence-corrected chi connectivity index (χ0v) is 11.1. The van der Waals surface area contributed by atoms with Gasteiger partial charge in [-0.15, -0.1) is 0 Å². The number of benzene rings is 3. The summed E-state index contributed by atoms with van der Waals surface area (Å²) in [5, 5.41) is 12.0. The second-order valence-electron chi connectivity index (χ2n) is 4.62. The fourth-order valence-electron chi connectivity index (χ4n) is 2.47. The molecule has 0 spiro atoms. The smallest absolute Gasteiger partial charge is 0.144 e. The first kappa shape index (κ1) is 11.4. The fourth-order valence-corrected chi connectivity index (χ4v) is 2.70. The Bertz CT molecular complexity index is 982. The standard InChI is InChI=1S/C16H9ClN2O/c17-13-15-14(9-5-1-2-6-10(9)16(13)20)18-11-7-3-4-8-12(11)19-15/h1-8,20H. The SMILES string of the molecule is Oc1c(Cl)c2nc3ccccc3nc2c2ccccc12. The van der Waals surface area contributed by atoms with E-state index in [1.54, 1.807) is 0 Å². The molecule has 4 heteroatoms. The number of halogens is 1. The van der Waals surface area contributed by atoms with Gasteiger partial charge in [0.2, 0.25) is 0 Å². The molecule has 20 heavy (non-hydrogen) atoms. The summed E-state index contributed by atoms with van der Waals surface area (Å²) in [7, 11) is 0. The first-order valence-corrected chi connectivity index (χ1v) is 6.59. The number of para-hydroxylation sites is 2. The second-order valence-corrected chi connectivity index (χ2v) is 5.00. The van der Waals surface area contributed by atoms with E-state index in [9.17, 15) is 5.11 Å². The van der Waals surface area contributed by atoms with Gasteiger partial charge >= 0.3 is 0 Å². The van der Waals surface area contributed by atoms with Crippen molar-refractivity contribution in [2.45, 2.75) is 0 Å². The van der Waals surface area contributed by atoms with Gasteiger partial charge in [0.05, 0.1) is 16.6 Å². The molecule has 0 saturated carbocycles. The molecule has 4 rings (SSSR count). The summed E-state index contributed by atoms with van der Waals surface area (Å²) in [5.41, 5.74) is 2.81. The van der Waals surface area contributed by atoms with E-state index in [-0.39, 0.29) is 10.8 Å². The predicted molar refractivity (Wildman–Crippen MR) is 81.2 cm³/mol. The van der Waals surface area contributed by atoms with Crippen molar-refractivity contribution in [2.75, 3.05) is 0 Å². The van der Waals surface area contributed by atoms with E-state index in [4.69, 9.17) is 11.6 Å². The van der Waals surface area contributed by atoms with Gasteiger partial charge in [-0.25, -0.2) is 9.97 Å². The summed E-state index contributed by atoms with van der Waals surface area (Å²) in [6, 6.07) is 15.1. The lowest BCUT2D eigenvalue weighted by Gasteiger charge is -2.09. The number of hydrogen-bond donors (Lipinski definition) is 1. The number of fused-ring (bicyclic) bond motifs is 4. The maximum absolute atomic E-state index is 10.2. The predicted octanol–water partition coefficient (Wildman–Crippen LogP) is 4.30. The first-order chi connectivity index (χ1) is 9.75. The number of hydrogen-bond acceptors (Lipinski definition) is 3. The lowest BCUT2D eigenvalue weighted by Crippen LogP contribution is -1.90. The number of phenols is 1. The molecule has 0 saturated heterocycles. The van der Waals surface area contributed by atoms with E-state index in [0.29, 0.717) is 16.4 Å². The van der Waals surface area contributed by atoms with Crippen molar-refractivity contribution in [2.24, 2.45) is 0 Å². The Hall–Kier alpha value is -2.39. The zero-order valence-electron chi connectivity index (χ0n) is 10.3. The van der Waals surface area contributed by atoms with E-state index in [2.05, 4.69) is 9.97 Å². The van der Waals surface area contributed by atoms with Gasteiger partial charge in [0, 0.05) is 10.8 Å². The maximum Gasteiger partial charge on any atom is 0.144 e. The molecule has 0 amide bonds. The van der Waals surface area contributed by atoms with Crippen molar-refractivity contribution >= 4 is 44.4 Å². The summed E-state index contributed by atoms with van der Waals surface area (Å²) < 4.78 is 0. The Balaban J connectivity index is 2.33. The minimum atomic E-state index is 0.0550. The molecule has 96 valence electrons. The highest BCUT2D eigenvalue weighted by Crippen LogP contribution is 2.39. The van der Waals surface area contributed by atoms with Gasteiger partial charge in [-0.05, 0) is 12.1 Å². The summed E-state index contributed by atoms with van der Waals surface area (Å²) in [5.74, 6) is 0.0550. The van der Waals surface area contributed by atoms with Crippen LogP contribution in [0.15, 0.2) is 48.5 Å². The molecule has 3 nitrogen and oxygen atoms in total. The minimum Gasteiger partial charge on any atom is -0.506 e. The van der Waals surface area contributed by atoms with Crippen molar-refractivity contribution in [1.29, 1.82) is 0 Å². The Morgan fingerprint density at radius 3 is 2.00 bits per heavy atom. The summed E-state index contributed by atoms with van der Waals surface area (Å²) in [6.45, 7) is 0. The molecule has 0 aliphatic heterocycles. The van der Waals surface area contributed by atoms with Gasteiger partial charge in [0.15, 0.2) is 0 Å². The molecule has 0 radical (unpaired) electrons. The molecule has 1 heterocycles. The highest BCUT2D eigenvalue weighted by atomic mass is 35.5. The highest BCUT2D eigenvalue weighted by Gasteiger charge is 2.14.